The van der Waals surface area contributed by atoms with E-state index < -0.39 is 10.1 Å². The first-order chi connectivity index (χ1) is 8.83. The van der Waals surface area contributed by atoms with Crippen molar-refractivity contribution in [2.75, 3.05) is 38.5 Å². The predicted octanol–water partition coefficient (Wildman–Crippen LogP) is 0.828. The number of esters is 1. The van der Waals surface area contributed by atoms with Gasteiger partial charge in [0.15, 0.2) is 0 Å². The fourth-order valence-electron chi connectivity index (χ4n) is 2.71. The predicted molar refractivity (Wildman–Crippen MR) is 71.2 cm³/mol. The van der Waals surface area contributed by atoms with E-state index in [9.17, 15) is 13.2 Å². The van der Waals surface area contributed by atoms with Gasteiger partial charge in [-0.2, -0.15) is 8.42 Å². The molecule has 6 nitrogen and oxygen atoms in total. The molecule has 0 spiro atoms. The van der Waals surface area contributed by atoms with Crippen molar-refractivity contribution >= 4 is 16.1 Å². The van der Waals surface area contributed by atoms with Crippen molar-refractivity contribution in [1.29, 1.82) is 0 Å². The van der Waals surface area contributed by atoms with Crippen LogP contribution in [0.1, 0.15) is 32.6 Å². The molecule has 1 rings (SSSR count). The number of rotatable bonds is 7. The van der Waals surface area contributed by atoms with Gasteiger partial charge in [-0.3, -0.25) is 9.35 Å². The lowest BCUT2D eigenvalue weighted by Crippen LogP contribution is -2.54. The average Bonchev–Trinajstić information content (AvgIpc) is 2.28. The Bertz CT molecular complexity index is 387. The van der Waals surface area contributed by atoms with Crippen LogP contribution in [0.2, 0.25) is 0 Å². The summed E-state index contributed by atoms with van der Waals surface area (Å²) in [5, 5.41) is 0. The smallest absolute Gasteiger partial charge is 0.302 e. The largest absolute Gasteiger partial charge is 0.460 e. The number of carbonyl (C=O) groups is 1. The molecule has 0 aromatic rings. The second kappa shape index (κ2) is 7.21. The maximum absolute atomic E-state index is 10.8. The molecule has 1 heterocycles. The molecule has 0 amide bonds. The summed E-state index contributed by atoms with van der Waals surface area (Å²) >= 11 is 0. The second-order valence-corrected chi connectivity index (χ2v) is 6.85. The second-order valence-electron chi connectivity index (χ2n) is 5.28. The quantitative estimate of drug-likeness (QED) is 0.427. The van der Waals surface area contributed by atoms with Crippen LogP contribution < -0.4 is 0 Å². The molecule has 1 aliphatic rings. The van der Waals surface area contributed by atoms with Gasteiger partial charge in [-0.1, -0.05) is 0 Å². The van der Waals surface area contributed by atoms with Crippen LogP contribution in [-0.4, -0.2) is 62.0 Å². The zero-order chi connectivity index (χ0) is 14.4. The zero-order valence-electron chi connectivity index (χ0n) is 11.5. The molecule has 0 atom stereocenters. The number of carbonyl (C=O) groups excluding carboxylic acids is 1. The molecule has 1 aliphatic heterocycles. The van der Waals surface area contributed by atoms with Gasteiger partial charge in [0.2, 0.25) is 0 Å². The van der Waals surface area contributed by atoms with Gasteiger partial charge in [-0.05, 0) is 19.3 Å². The third kappa shape index (κ3) is 6.89. The van der Waals surface area contributed by atoms with E-state index in [1.807, 2.05) is 0 Å². The lowest BCUT2D eigenvalue weighted by Gasteiger charge is -2.41. The van der Waals surface area contributed by atoms with E-state index in [0.717, 1.165) is 37.0 Å². The van der Waals surface area contributed by atoms with Crippen LogP contribution in [0.5, 0.6) is 0 Å². The Hall–Kier alpha value is -0.660. The van der Waals surface area contributed by atoms with Gasteiger partial charge in [0.05, 0.1) is 25.4 Å². The summed E-state index contributed by atoms with van der Waals surface area (Å²) in [7, 11) is -3.88. The molecule has 0 saturated carbocycles. The fourth-order valence-corrected chi connectivity index (χ4v) is 3.20. The molecule has 1 N–H and O–H groups in total. The molecular formula is C12H24NO5S+. The molecule has 0 aromatic heterocycles. The molecule has 0 aliphatic carbocycles. The third-order valence-electron chi connectivity index (χ3n) is 3.67. The van der Waals surface area contributed by atoms with Crippen molar-refractivity contribution in [2.45, 2.75) is 32.6 Å². The summed E-state index contributed by atoms with van der Waals surface area (Å²) in [5.74, 6) is -0.478. The van der Waals surface area contributed by atoms with Gasteiger partial charge in [0.25, 0.3) is 10.1 Å². The van der Waals surface area contributed by atoms with E-state index in [4.69, 9.17) is 9.29 Å². The molecule has 1 fully saturated rings. The number of likely N-dealkylation sites (tertiary alicyclic amines) is 1. The minimum absolute atomic E-state index is 0.194. The fraction of sp³-hybridized carbons (Fsp3) is 0.917. The Kier molecular flexibility index (Phi) is 6.22. The Morgan fingerprint density at radius 3 is 2.37 bits per heavy atom. The number of hydrogen-bond donors (Lipinski definition) is 1. The summed E-state index contributed by atoms with van der Waals surface area (Å²) < 4.78 is 36.1. The maximum Gasteiger partial charge on any atom is 0.302 e. The van der Waals surface area contributed by atoms with Crippen molar-refractivity contribution < 1.29 is 27.0 Å². The van der Waals surface area contributed by atoms with Crippen molar-refractivity contribution in [1.82, 2.24) is 0 Å². The molecule has 0 bridgehead atoms. The third-order valence-corrected chi connectivity index (χ3v) is 4.48. The Morgan fingerprint density at radius 1 is 1.21 bits per heavy atom. The number of nitrogens with zero attached hydrogens (tertiary/aromatic N) is 1. The lowest BCUT2D eigenvalue weighted by atomic mass is 10.1. The Labute approximate surface area is 115 Å². The topological polar surface area (TPSA) is 80.7 Å². The molecule has 112 valence electrons. The molecule has 0 unspecified atom stereocenters. The Morgan fingerprint density at radius 2 is 1.84 bits per heavy atom. The van der Waals surface area contributed by atoms with E-state index >= 15 is 0 Å². The summed E-state index contributed by atoms with van der Waals surface area (Å²) in [5.41, 5.74) is 0. The summed E-state index contributed by atoms with van der Waals surface area (Å²) in [4.78, 5) is 10.8. The van der Waals surface area contributed by atoms with Crippen LogP contribution in [-0.2, 0) is 19.6 Å². The minimum Gasteiger partial charge on any atom is -0.460 e. The highest BCUT2D eigenvalue weighted by atomic mass is 32.2. The van der Waals surface area contributed by atoms with E-state index in [1.54, 1.807) is 0 Å². The van der Waals surface area contributed by atoms with E-state index in [0.29, 0.717) is 19.6 Å². The highest BCUT2D eigenvalue weighted by Gasteiger charge is 2.29. The van der Waals surface area contributed by atoms with Crippen LogP contribution in [0, 0.1) is 0 Å². The van der Waals surface area contributed by atoms with Gasteiger partial charge < -0.3 is 9.22 Å². The number of hydrogen-bond acceptors (Lipinski definition) is 4. The SMILES string of the molecule is CC(=O)OCC[N+]1(CCCS(=O)(=O)O)CCCCC1. The van der Waals surface area contributed by atoms with Crippen LogP contribution in [0.15, 0.2) is 0 Å². The molecule has 19 heavy (non-hydrogen) atoms. The lowest BCUT2D eigenvalue weighted by molar-refractivity contribution is -0.932. The number of ether oxygens (including phenoxy) is 1. The molecule has 1 saturated heterocycles. The van der Waals surface area contributed by atoms with Gasteiger partial charge in [-0.25, -0.2) is 0 Å². The molecular weight excluding hydrogens is 270 g/mol. The van der Waals surface area contributed by atoms with Crippen LogP contribution in [0.4, 0.5) is 0 Å². The van der Waals surface area contributed by atoms with Crippen molar-refractivity contribution in [3.8, 4) is 0 Å². The monoisotopic (exact) mass is 294 g/mol. The van der Waals surface area contributed by atoms with Crippen LogP contribution in [0.3, 0.4) is 0 Å². The first kappa shape index (κ1) is 16.4. The standard InChI is InChI=1S/C12H23NO5S/c1-12(14)18-10-9-13(6-3-2-4-7-13)8-5-11-19(15,16)17/h2-11H2,1H3/p+1. The average molecular weight is 294 g/mol. The highest BCUT2D eigenvalue weighted by molar-refractivity contribution is 7.85. The Balaban J connectivity index is 2.47. The highest BCUT2D eigenvalue weighted by Crippen LogP contribution is 2.19. The molecule has 0 radical (unpaired) electrons. The minimum atomic E-state index is -3.88. The number of quaternary nitrogens is 1. The van der Waals surface area contributed by atoms with Crippen molar-refractivity contribution in [3.05, 3.63) is 0 Å². The number of piperidine rings is 1. The maximum atomic E-state index is 10.8. The van der Waals surface area contributed by atoms with Gasteiger partial charge >= 0.3 is 5.97 Å². The summed E-state index contributed by atoms with van der Waals surface area (Å²) in [6, 6.07) is 0. The van der Waals surface area contributed by atoms with Crippen molar-refractivity contribution in [3.63, 3.8) is 0 Å². The summed E-state index contributed by atoms with van der Waals surface area (Å²) in [6.45, 7) is 5.19. The van der Waals surface area contributed by atoms with Gasteiger partial charge in [0.1, 0.15) is 13.2 Å². The van der Waals surface area contributed by atoms with E-state index in [-0.39, 0.29) is 11.7 Å². The zero-order valence-corrected chi connectivity index (χ0v) is 12.3. The van der Waals surface area contributed by atoms with Crippen LogP contribution >= 0.6 is 0 Å². The van der Waals surface area contributed by atoms with Gasteiger partial charge in [-0.15, -0.1) is 0 Å². The molecule has 0 aromatic carbocycles. The van der Waals surface area contributed by atoms with E-state index in [1.165, 1.54) is 13.3 Å². The molecule has 7 heteroatoms. The van der Waals surface area contributed by atoms with Crippen LogP contribution in [0.25, 0.3) is 0 Å². The summed E-state index contributed by atoms with van der Waals surface area (Å²) in [6.07, 6.45) is 3.88. The first-order valence-electron chi connectivity index (χ1n) is 6.77. The van der Waals surface area contributed by atoms with E-state index in [2.05, 4.69) is 0 Å². The van der Waals surface area contributed by atoms with Gasteiger partial charge in [0, 0.05) is 13.3 Å². The van der Waals surface area contributed by atoms with Crippen molar-refractivity contribution in [2.24, 2.45) is 0 Å². The normalized spacial score (nSPS) is 19.1. The first-order valence-corrected chi connectivity index (χ1v) is 8.38.